The van der Waals surface area contributed by atoms with Crippen LogP contribution in [0.2, 0.25) is 0 Å². The number of aliphatic hydroxyl groups is 1. The Bertz CT molecular complexity index is 179. The molecule has 0 aromatic carbocycles. The van der Waals surface area contributed by atoms with Crippen LogP contribution in [0.3, 0.4) is 0 Å². The standard InChI is InChI=1S/C11H18O/c12-11(10-7-8-10)9-5-3-1-2-4-6-9/h5,10-12H,1-4,6-8H2. The molecule has 1 nitrogen and oxygen atoms in total. The van der Waals surface area contributed by atoms with Gasteiger partial charge in [0, 0.05) is 0 Å². The Labute approximate surface area is 74.5 Å². The Morgan fingerprint density at radius 1 is 1.25 bits per heavy atom. The number of hydrogen-bond acceptors (Lipinski definition) is 1. The molecule has 0 aromatic rings. The van der Waals surface area contributed by atoms with Gasteiger partial charge >= 0.3 is 0 Å². The lowest BCUT2D eigenvalue weighted by Gasteiger charge is -2.12. The number of rotatable bonds is 2. The minimum atomic E-state index is -0.0805. The van der Waals surface area contributed by atoms with Crippen LogP contribution in [0.4, 0.5) is 0 Å². The molecule has 2 rings (SSSR count). The molecule has 2 aliphatic carbocycles. The fraction of sp³-hybridized carbons (Fsp3) is 0.818. The van der Waals surface area contributed by atoms with Gasteiger partial charge in [0.2, 0.25) is 0 Å². The van der Waals surface area contributed by atoms with Crippen LogP contribution in [-0.2, 0) is 0 Å². The fourth-order valence-corrected chi connectivity index (χ4v) is 2.02. The zero-order valence-corrected chi connectivity index (χ0v) is 7.63. The second kappa shape index (κ2) is 3.61. The predicted molar refractivity (Wildman–Crippen MR) is 49.9 cm³/mol. The van der Waals surface area contributed by atoms with E-state index in [-0.39, 0.29) is 6.10 Å². The van der Waals surface area contributed by atoms with E-state index in [1.165, 1.54) is 44.1 Å². The minimum Gasteiger partial charge on any atom is -0.388 e. The van der Waals surface area contributed by atoms with E-state index in [0.717, 1.165) is 6.42 Å². The molecule has 0 spiro atoms. The Balaban J connectivity index is 1.94. The van der Waals surface area contributed by atoms with Crippen molar-refractivity contribution in [3.05, 3.63) is 11.6 Å². The van der Waals surface area contributed by atoms with Crippen LogP contribution in [0, 0.1) is 5.92 Å². The van der Waals surface area contributed by atoms with Crippen molar-refractivity contribution in [3.63, 3.8) is 0 Å². The maximum atomic E-state index is 9.87. The summed E-state index contributed by atoms with van der Waals surface area (Å²) in [5, 5.41) is 9.87. The first kappa shape index (κ1) is 8.31. The van der Waals surface area contributed by atoms with Crippen LogP contribution in [0.15, 0.2) is 11.6 Å². The highest BCUT2D eigenvalue weighted by molar-refractivity contribution is 5.12. The Hall–Kier alpha value is -0.300. The van der Waals surface area contributed by atoms with Gasteiger partial charge < -0.3 is 5.11 Å². The molecule has 0 aromatic heterocycles. The van der Waals surface area contributed by atoms with E-state index >= 15 is 0 Å². The van der Waals surface area contributed by atoms with Crippen molar-refractivity contribution < 1.29 is 5.11 Å². The highest BCUT2D eigenvalue weighted by Gasteiger charge is 2.31. The molecule has 0 aliphatic heterocycles. The zero-order chi connectivity index (χ0) is 8.39. The summed E-state index contributed by atoms with van der Waals surface area (Å²) in [5.41, 5.74) is 1.34. The average Bonchev–Trinajstić information content (AvgIpc) is 2.92. The van der Waals surface area contributed by atoms with Gasteiger partial charge in [0.1, 0.15) is 0 Å². The summed E-state index contributed by atoms with van der Waals surface area (Å²) >= 11 is 0. The van der Waals surface area contributed by atoms with Crippen molar-refractivity contribution in [1.82, 2.24) is 0 Å². The van der Waals surface area contributed by atoms with Crippen molar-refractivity contribution >= 4 is 0 Å². The lowest BCUT2D eigenvalue weighted by molar-refractivity contribution is 0.183. The topological polar surface area (TPSA) is 20.2 Å². The van der Waals surface area contributed by atoms with E-state index in [9.17, 15) is 5.11 Å². The summed E-state index contributed by atoms with van der Waals surface area (Å²) in [7, 11) is 0. The second-order valence-electron chi connectivity index (χ2n) is 4.16. The molecule has 1 atom stereocenters. The molecule has 0 heterocycles. The van der Waals surface area contributed by atoms with Gasteiger partial charge in [-0.1, -0.05) is 12.5 Å². The molecule has 1 unspecified atom stereocenters. The van der Waals surface area contributed by atoms with E-state index in [2.05, 4.69) is 6.08 Å². The maximum Gasteiger partial charge on any atom is 0.0778 e. The van der Waals surface area contributed by atoms with Gasteiger partial charge in [-0.3, -0.25) is 0 Å². The third kappa shape index (κ3) is 1.89. The SMILES string of the molecule is OC(C1=CCCCCC1)C1CC1. The van der Waals surface area contributed by atoms with Crippen LogP contribution >= 0.6 is 0 Å². The molecule has 1 fully saturated rings. The van der Waals surface area contributed by atoms with E-state index in [0.29, 0.717) is 5.92 Å². The Kier molecular flexibility index (Phi) is 2.50. The third-order valence-electron chi connectivity index (χ3n) is 3.02. The van der Waals surface area contributed by atoms with Gasteiger partial charge in [0.25, 0.3) is 0 Å². The largest absolute Gasteiger partial charge is 0.388 e. The van der Waals surface area contributed by atoms with Crippen molar-refractivity contribution in [2.75, 3.05) is 0 Å². The molecule has 0 bridgehead atoms. The predicted octanol–water partition coefficient (Wildman–Crippen LogP) is 2.65. The molecule has 1 heteroatoms. The Morgan fingerprint density at radius 2 is 2.08 bits per heavy atom. The quantitative estimate of drug-likeness (QED) is 0.625. The average molecular weight is 166 g/mol. The molecular formula is C11H18O. The zero-order valence-electron chi connectivity index (χ0n) is 7.63. The molecule has 0 saturated heterocycles. The van der Waals surface area contributed by atoms with E-state index in [4.69, 9.17) is 0 Å². The first-order chi connectivity index (χ1) is 5.88. The summed E-state index contributed by atoms with van der Waals surface area (Å²) < 4.78 is 0. The van der Waals surface area contributed by atoms with Crippen molar-refractivity contribution in [2.45, 2.75) is 51.0 Å². The lowest BCUT2D eigenvalue weighted by Crippen LogP contribution is -2.12. The molecule has 0 radical (unpaired) electrons. The van der Waals surface area contributed by atoms with Gasteiger partial charge in [-0.15, -0.1) is 0 Å². The van der Waals surface area contributed by atoms with Gasteiger partial charge in [0.15, 0.2) is 0 Å². The third-order valence-corrected chi connectivity index (χ3v) is 3.02. The number of hydrogen-bond donors (Lipinski definition) is 1. The smallest absolute Gasteiger partial charge is 0.0778 e. The summed E-state index contributed by atoms with van der Waals surface area (Å²) in [5.74, 6) is 0.620. The summed E-state index contributed by atoms with van der Waals surface area (Å²) in [6.45, 7) is 0. The van der Waals surface area contributed by atoms with Gasteiger partial charge in [0.05, 0.1) is 6.10 Å². The molecular weight excluding hydrogens is 148 g/mol. The lowest BCUT2D eigenvalue weighted by atomic mass is 10.0. The maximum absolute atomic E-state index is 9.87. The number of aliphatic hydroxyl groups excluding tert-OH is 1. The van der Waals surface area contributed by atoms with Crippen LogP contribution in [0.1, 0.15) is 44.9 Å². The van der Waals surface area contributed by atoms with Gasteiger partial charge in [-0.05, 0) is 50.0 Å². The molecule has 1 saturated carbocycles. The van der Waals surface area contributed by atoms with Crippen molar-refractivity contribution in [1.29, 1.82) is 0 Å². The van der Waals surface area contributed by atoms with Crippen LogP contribution in [0.5, 0.6) is 0 Å². The van der Waals surface area contributed by atoms with E-state index in [1.54, 1.807) is 0 Å². The monoisotopic (exact) mass is 166 g/mol. The molecule has 2 aliphatic rings. The highest BCUT2D eigenvalue weighted by Crippen LogP contribution is 2.37. The van der Waals surface area contributed by atoms with Crippen LogP contribution < -0.4 is 0 Å². The van der Waals surface area contributed by atoms with Crippen molar-refractivity contribution in [3.8, 4) is 0 Å². The number of allylic oxidation sites excluding steroid dienone is 1. The Morgan fingerprint density at radius 3 is 2.83 bits per heavy atom. The second-order valence-corrected chi connectivity index (χ2v) is 4.16. The molecule has 12 heavy (non-hydrogen) atoms. The van der Waals surface area contributed by atoms with E-state index < -0.39 is 0 Å². The first-order valence-corrected chi connectivity index (χ1v) is 5.25. The first-order valence-electron chi connectivity index (χ1n) is 5.25. The summed E-state index contributed by atoms with van der Waals surface area (Å²) in [4.78, 5) is 0. The van der Waals surface area contributed by atoms with E-state index in [1.807, 2.05) is 0 Å². The van der Waals surface area contributed by atoms with Crippen LogP contribution in [0.25, 0.3) is 0 Å². The fourth-order valence-electron chi connectivity index (χ4n) is 2.02. The summed E-state index contributed by atoms with van der Waals surface area (Å²) in [6, 6.07) is 0. The molecule has 68 valence electrons. The summed E-state index contributed by atoms with van der Waals surface area (Å²) in [6.07, 6.45) is 11.0. The normalized spacial score (nSPS) is 27.6. The molecule has 1 N–H and O–H groups in total. The van der Waals surface area contributed by atoms with Gasteiger partial charge in [-0.2, -0.15) is 0 Å². The van der Waals surface area contributed by atoms with Crippen molar-refractivity contribution in [2.24, 2.45) is 5.92 Å². The van der Waals surface area contributed by atoms with Crippen LogP contribution in [-0.4, -0.2) is 11.2 Å². The molecule has 0 amide bonds. The minimum absolute atomic E-state index is 0.0805. The highest BCUT2D eigenvalue weighted by atomic mass is 16.3. The van der Waals surface area contributed by atoms with Gasteiger partial charge in [-0.25, -0.2) is 0 Å².